The zero-order valence-corrected chi connectivity index (χ0v) is 15.0. The largest absolute Gasteiger partial charge is 0.486 e. The summed E-state index contributed by atoms with van der Waals surface area (Å²) in [5, 5.41) is 6.69. The average molecular weight is 364 g/mol. The molecule has 3 aliphatic rings. The van der Waals surface area contributed by atoms with E-state index in [0.29, 0.717) is 47.4 Å². The molecule has 2 bridgehead atoms. The fourth-order valence-electron chi connectivity index (χ4n) is 3.94. The summed E-state index contributed by atoms with van der Waals surface area (Å²) in [6.45, 7) is 1.04. The number of amides is 1. The van der Waals surface area contributed by atoms with Crippen molar-refractivity contribution in [2.75, 3.05) is 19.0 Å². The summed E-state index contributed by atoms with van der Waals surface area (Å²) < 4.78 is 23.5. The molecule has 1 aromatic rings. The molecule has 0 radical (unpaired) electrons. The van der Waals surface area contributed by atoms with Crippen LogP contribution in [0.3, 0.4) is 0 Å². The van der Waals surface area contributed by atoms with Gasteiger partial charge in [0.1, 0.15) is 13.2 Å². The summed E-state index contributed by atoms with van der Waals surface area (Å²) in [6.07, 6.45) is 4.72. The van der Waals surface area contributed by atoms with Crippen molar-refractivity contribution in [3.8, 4) is 11.5 Å². The second kappa shape index (κ2) is 7.33. The Kier molecular flexibility index (Phi) is 4.94. The number of piperidine rings is 1. The normalized spacial score (nSPS) is 28.4. The molecule has 0 spiro atoms. The van der Waals surface area contributed by atoms with E-state index in [1.807, 2.05) is 0 Å². The molecule has 3 heterocycles. The Morgan fingerprint density at radius 3 is 2.64 bits per heavy atom. The molecule has 1 aromatic carbocycles. The van der Waals surface area contributed by atoms with Gasteiger partial charge in [0.25, 0.3) is 0 Å². The van der Waals surface area contributed by atoms with Crippen molar-refractivity contribution in [2.24, 2.45) is 0 Å². The van der Waals surface area contributed by atoms with Gasteiger partial charge < -0.3 is 20.1 Å². The number of hydrogen-bond acceptors (Lipinski definition) is 5. The molecule has 3 atom stereocenters. The van der Waals surface area contributed by atoms with E-state index in [1.165, 1.54) is 12.8 Å². The Morgan fingerprint density at radius 1 is 1.16 bits per heavy atom. The second-order valence-electron chi connectivity index (χ2n) is 6.98. The van der Waals surface area contributed by atoms with Crippen LogP contribution >= 0.6 is 0 Å². The summed E-state index contributed by atoms with van der Waals surface area (Å²) in [5.41, 5.74) is 0. The minimum absolute atomic E-state index is 0.00260. The van der Waals surface area contributed by atoms with Crippen molar-refractivity contribution >= 4 is 16.7 Å². The third-order valence-corrected chi connectivity index (χ3v) is 6.48. The minimum Gasteiger partial charge on any atom is -0.486 e. The highest BCUT2D eigenvalue weighted by Crippen LogP contribution is 2.32. The fourth-order valence-corrected chi connectivity index (χ4v) is 5.01. The molecule has 3 aliphatic heterocycles. The smallest absolute Gasteiger partial charge is 0.221 e. The molecule has 0 aliphatic carbocycles. The minimum atomic E-state index is -1.22. The van der Waals surface area contributed by atoms with Crippen LogP contribution in [-0.4, -0.2) is 47.2 Å². The molecule has 7 heteroatoms. The molecule has 2 fully saturated rings. The van der Waals surface area contributed by atoms with E-state index in [1.54, 1.807) is 18.2 Å². The molecular weight excluding hydrogens is 340 g/mol. The monoisotopic (exact) mass is 364 g/mol. The highest BCUT2D eigenvalue weighted by molar-refractivity contribution is 7.85. The zero-order chi connectivity index (χ0) is 17.2. The van der Waals surface area contributed by atoms with Gasteiger partial charge in [0.15, 0.2) is 11.5 Å². The van der Waals surface area contributed by atoms with Crippen molar-refractivity contribution < 1.29 is 18.5 Å². The van der Waals surface area contributed by atoms with E-state index in [2.05, 4.69) is 10.6 Å². The van der Waals surface area contributed by atoms with Crippen molar-refractivity contribution in [3.63, 3.8) is 0 Å². The van der Waals surface area contributed by atoms with Crippen LogP contribution in [0.1, 0.15) is 32.1 Å². The van der Waals surface area contributed by atoms with Crippen molar-refractivity contribution in [2.45, 2.75) is 55.1 Å². The first-order chi connectivity index (χ1) is 12.2. The summed E-state index contributed by atoms with van der Waals surface area (Å²) in [5.74, 6) is 1.64. The number of fused-ring (bicyclic) bond motifs is 3. The van der Waals surface area contributed by atoms with E-state index in [9.17, 15) is 9.00 Å². The molecule has 0 saturated carbocycles. The van der Waals surface area contributed by atoms with Crippen molar-refractivity contribution in [1.82, 2.24) is 10.6 Å². The number of carbonyl (C=O) groups is 1. The lowest BCUT2D eigenvalue weighted by molar-refractivity contribution is -0.121. The first-order valence-electron chi connectivity index (χ1n) is 9.01. The molecule has 25 heavy (non-hydrogen) atoms. The Labute approximate surface area is 150 Å². The third-order valence-electron chi connectivity index (χ3n) is 5.13. The van der Waals surface area contributed by atoms with Gasteiger partial charge in [-0.05, 0) is 37.8 Å². The standard InChI is InChI=1S/C18H24N2O4S/c21-18(20-14-9-12-1-2-13(10-14)19-12)5-8-25(22)15-3-4-16-17(11-15)24-7-6-23-16/h3-4,11-14,19H,1-2,5-10H2,(H,20,21). The van der Waals surface area contributed by atoms with E-state index < -0.39 is 10.8 Å². The number of carbonyl (C=O) groups excluding carboxylic acids is 1. The van der Waals surface area contributed by atoms with Crippen LogP contribution in [0.5, 0.6) is 11.5 Å². The lowest BCUT2D eigenvalue weighted by atomic mass is 10.00. The van der Waals surface area contributed by atoms with Crippen molar-refractivity contribution in [3.05, 3.63) is 18.2 Å². The maximum Gasteiger partial charge on any atom is 0.221 e. The van der Waals surface area contributed by atoms with Gasteiger partial charge >= 0.3 is 0 Å². The van der Waals surface area contributed by atoms with E-state index in [-0.39, 0.29) is 18.4 Å². The maximum atomic E-state index is 12.5. The number of rotatable bonds is 5. The topological polar surface area (TPSA) is 76.7 Å². The molecule has 136 valence electrons. The predicted octanol–water partition coefficient (Wildman–Crippen LogP) is 1.35. The Balaban J connectivity index is 1.27. The molecule has 6 nitrogen and oxygen atoms in total. The number of nitrogens with one attached hydrogen (secondary N) is 2. The Bertz CT molecular complexity index is 669. The van der Waals surface area contributed by atoms with Gasteiger partial charge in [-0.15, -0.1) is 0 Å². The van der Waals surface area contributed by atoms with Gasteiger partial charge in [0.05, 0.1) is 10.8 Å². The fraction of sp³-hybridized carbons (Fsp3) is 0.611. The predicted molar refractivity (Wildman–Crippen MR) is 94.4 cm³/mol. The van der Waals surface area contributed by atoms with Gasteiger partial charge in [-0.1, -0.05) is 0 Å². The molecule has 2 N–H and O–H groups in total. The Hall–Kier alpha value is -1.60. The van der Waals surface area contributed by atoms with Gasteiger partial charge in [0.2, 0.25) is 5.91 Å². The van der Waals surface area contributed by atoms with Gasteiger partial charge in [-0.25, -0.2) is 0 Å². The second-order valence-corrected chi connectivity index (χ2v) is 8.55. The molecule has 2 saturated heterocycles. The van der Waals surface area contributed by atoms with Gasteiger partial charge in [0, 0.05) is 41.3 Å². The van der Waals surface area contributed by atoms with Gasteiger partial charge in [-0.2, -0.15) is 0 Å². The lowest BCUT2D eigenvalue weighted by Gasteiger charge is -2.29. The maximum absolute atomic E-state index is 12.5. The van der Waals surface area contributed by atoms with Crippen LogP contribution < -0.4 is 20.1 Å². The number of ether oxygens (including phenoxy) is 2. The SMILES string of the molecule is O=C(CCS(=O)c1ccc2c(c1)OCCO2)NC1CC2CCC(C1)N2. The molecular formula is C18H24N2O4S. The summed E-state index contributed by atoms with van der Waals surface area (Å²) in [4.78, 5) is 12.9. The third kappa shape index (κ3) is 3.98. The van der Waals surface area contributed by atoms with E-state index in [0.717, 1.165) is 12.8 Å². The van der Waals surface area contributed by atoms with Crippen LogP contribution in [0.2, 0.25) is 0 Å². The van der Waals surface area contributed by atoms with Crippen LogP contribution in [0, 0.1) is 0 Å². The number of hydrogen-bond donors (Lipinski definition) is 2. The van der Waals surface area contributed by atoms with E-state index in [4.69, 9.17) is 9.47 Å². The van der Waals surface area contributed by atoms with Crippen LogP contribution in [-0.2, 0) is 15.6 Å². The van der Waals surface area contributed by atoms with E-state index >= 15 is 0 Å². The van der Waals surface area contributed by atoms with Crippen LogP contribution in [0.15, 0.2) is 23.1 Å². The number of benzene rings is 1. The zero-order valence-electron chi connectivity index (χ0n) is 14.2. The summed E-state index contributed by atoms with van der Waals surface area (Å²) in [6, 6.07) is 6.69. The molecule has 3 unspecified atom stereocenters. The van der Waals surface area contributed by atoms with Crippen LogP contribution in [0.4, 0.5) is 0 Å². The summed E-state index contributed by atoms with van der Waals surface area (Å²) >= 11 is 0. The van der Waals surface area contributed by atoms with Crippen molar-refractivity contribution in [1.29, 1.82) is 0 Å². The molecule has 0 aromatic heterocycles. The lowest BCUT2D eigenvalue weighted by Crippen LogP contribution is -2.48. The molecule has 4 rings (SSSR count). The summed E-state index contributed by atoms with van der Waals surface area (Å²) in [7, 11) is -1.22. The average Bonchev–Trinajstić information content (AvgIpc) is 2.97. The first-order valence-corrected chi connectivity index (χ1v) is 10.3. The molecule has 1 amide bonds. The highest BCUT2D eigenvalue weighted by Gasteiger charge is 2.33. The van der Waals surface area contributed by atoms with Gasteiger partial charge in [-0.3, -0.25) is 9.00 Å². The quantitative estimate of drug-likeness (QED) is 0.825. The Morgan fingerprint density at radius 2 is 1.88 bits per heavy atom. The highest BCUT2D eigenvalue weighted by atomic mass is 32.2. The van der Waals surface area contributed by atoms with Crippen LogP contribution in [0.25, 0.3) is 0 Å². The first kappa shape index (κ1) is 16.8.